The maximum Gasteiger partial charge on any atom is 0.150 e. The minimum atomic E-state index is 0.619. The summed E-state index contributed by atoms with van der Waals surface area (Å²) in [6.07, 6.45) is 9.23. The van der Waals surface area contributed by atoms with Gasteiger partial charge >= 0.3 is 0 Å². The number of anilines is 2. The summed E-state index contributed by atoms with van der Waals surface area (Å²) in [5, 5.41) is 2.32. The molecule has 0 unspecified atom stereocenters. The van der Waals surface area contributed by atoms with Crippen molar-refractivity contribution < 1.29 is 0 Å². The topological polar surface area (TPSA) is 55.0 Å². The molecule has 2 heterocycles. The standard InChI is InChI=1S/C25H20N4/c1-2-3-12-23(26)29-22-11-7-10-18-13-19(17-8-5-4-6-9-17)14-20(24(18)22)21-15-27-16-28-25(21)29/h2-16H,26H2,1H3/b3-2-,23-12+. The van der Waals surface area contributed by atoms with E-state index >= 15 is 0 Å². The number of benzene rings is 3. The van der Waals surface area contributed by atoms with Crippen LogP contribution in [0.25, 0.3) is 33.0 Å². The van der Waals surface area contributed by atoms with Gasteiger partial charge in [0.25, 0.3) is 0 Å². The molecule has 4 heteroatoms. The Labute approximate surface area is 169 Å². The summed E-state index contributed by atoms with van der Waals surface area (Å²) in [7, 11) is 0. The predicted octanol–water partition coefficient (Wildman–Crippen LogP) is 5.79. The Kier molecular flexibility index (Phi) is 4.10. The Morgan fingerprint density at radius 3 is 2.66 bits per heavy atom. The zero-order chi connectivity index (χ0) is 19.8. The number of nitrogens with zero attached hydrogens (tertiary/aromatic N) is 3. The lowest BCUT2D eigenvalue weighted by Crippen LogP contribution is -2.26. The van der Waals surface area contributed by atoms with Crippen molar-refractivity contribution in [3.05, 3.63) is 97.2 Å². The van der Waals surface area contributed by atoms with E-state index in [1.165, 1.54) is 11.1 Å². The van der Waals surface area contributed by atoms with Gasteiger partial charge in [0.05, 0.1) is 5.69 Å². The molecule has 0 saturated carbocycles. The lowest BCUT2D eigenvalue weighted by Gasteiger charge is -2.32. The first-order valence-electron chi connectivity index (χ1n) is 9.59. The van der Waals surface area contributed by atoms with Crippen molar-refractivity contribution in [2.45, 2.75) is 6.92 Å². The highest BCUT2D eigenvalue weighted by atomic mass is 15.3. The van der Waals surface area contributed by atoms with E-state index in [0.29, 0.717) is 5.82 Å². The minimum absolute atomic E-state index is 0.619. The van der Waals surface area contributed by atoms with Gasteiger partial charge in [0.2, 0.25) is 0 Å². The first-order chi connectivity index (χ1) is 14.3. The van der Waals surface area contributed by atoms with Crippen LogP contribution in [0.1, 0.15) is 6.92 Å². The van der Waals surface area contributed by atoms with Gasteiger partial charge in [-0.1, -0.05) is 54.6 Å². The summed E-state index contributed by atoms with van der Waals surface area (Å²) < 4.78 is 0. The van der Waals surface area contributed by atoms with Crippen LogP contribution in [0.5, 0.6) is 0 Å². The zero-order valence-electron chi connectivity index (χ0n) is 16.1. The third-order valence-electron chi connectivity index (χ3n) is 5.21. The summed E-state index contributed by atoms with van der Waals surface area (Å²) in [6.45, 7) is 1.97. The minimum Gasteiger partial charge on any atom is -0.385 e. The second kappa shape index (κ2) is 6.91. The smallest absolute Gasteiger partial charge is 0.150 e. The molecule has 0 amide bonds. The molecule has 0 fully saturated rings. The van der Waals surface area contributed by atoms with Crippen LogP contribution in [-0.4, -0.2) is 9.97 Å². The highest BCUT2D eigenvalue weighted by Crippen LogP contribution is 2.48. The quantitative estimate of drug-likeness (QED) is 0.460. The fourth-order valence-corrected chi connectivity index (χ4v) is 3.94. The maximum absolute atomic E-state index is 6.48. The number of fused-ring (bicyclic) bond motifs is 2. The molecule has 0 saturated heterocycles. The predicted molar refractivity (Wildman–Crippen MR) is 120 cm³/mol. The second-order valence-corrected chi connectivity index (χ2v) is 6.98. The third-order valence-corrected chi connectivity index (χ3v) is 5.21. The lowest BCUT2D eigenvalue weighted by molar-refractivity contribution is 1.05. The maximum atomic E-state index is 6.48. The van der Waals surface area contributed by atoms with Gasteiger partial charge in [-0.05, 0) is 53.3 Å². The van der Waals surface area contributed by atoms with Crippen molar-refractivity contribution in [2.75, 3.05) is 4.90 Å². The van der Waals surface area contributed by atoms with E-state index in [9.17, 15) is 0 Å². The lowest BCUT2D eigenvalue weighted by atomic mass is 9.90. The van der Waals surface area contributed by atoms with E-state index in [1.54, 1.807) is 6.33 Å². The summed E-state index contributed by atoms with van der Waals surface area (Å²) >= 11 is 0. The molecule has 1 aliphatic rings. The van der Waals surface area contributed by atoms with Crippen LogP contribution in [0.15, 0.2) is 97.2 Å². The largest absolute Gasteiger partial charge is 0.385 e. The van der Waals surface area contributed by atoms with Crippen LogP contribution in [0.4, 0.5) is 11.5 Å². The Bertz CT molecular complexity index is 1270. The SMILES string of the molecule is C/C=C\C=C(/N)N1c2ncncc2-c2cc(-c3ccccc3)cc3cccc1c23. The van der Waals surface area contributed by atoms with Crippen LogP contribution < -0.4 is 10.6 Å². The van der Waals surface area contributed by atoms with Crippen molar-refractivity contribution >= 4 is 22.3 Å². The molecule has 0 aliphatic carbocycles. The molecule has 0 spiro atoms. The zero-order valence-corrected chi connectivity index (χ0v) is 16.1. The molecular formula is C25H20N4. The number of rotatable bonds is 3. The molecule has 0 atom stereocenters. The van der Waals surface area contributed by atoms with Gasteiger partial charge in [0.15, 0.2) is 0 Å². The summed E-state index contributed by atoms with van der Waals surface area (Å²) in [4.78, 5) is 10.9. The second-order valence-electron chi connectivity index (χ2n) is 6.98. The molecule has 5 rings (SSSR count). The monoisotopic (exact) mass is 376 g/mol. The molecule has 29 heavy (non-hydrogen) atoms. The summed E-state index contributed by atoms with van der Waals surface area (Å²) in [5.74, 6) is 1.41. The molecule has 3 aromatic carbocycles. The van der Waals surface area contributed by atoms with Gasteiger partial charge in [-0.2, -0.15) is 0 Å². The number of hydrogen-bond acceptors (Lipinski definition) is 4. The first-order valence-corrected chi connectivity index (χ1v) is 9.59. The van der Waals surface area contributed by atoms with E-state index in [0.717, 1.165) is 33.4 Å². The van der Waals surface area contributed by atoms with Crippen LogP contribution in [0.3, 0.4) is 0 Å². The van der Waals surface area contributed by atoms with Crippen molar-refractivity contribution in [1.82, 2.24) is 9.97 Å². The molecule has 1 aromatic heterocycles. The summed E-state index contributed by atoms with van der Waals surface area (Å²) in [6, 6.07) is 21.2. The number of hydrogen-bond donors (Lipinski definition) is 1. The molecule has 4 nitrogen and oxygen atoms in total. The van der Waals surface area contributed by atoms with Crippen LogP contribution in [-0.2, 0) is 0 Å². The molecule has 4 aromatic rings. The fourth-order valence-electron chi connectivity index (χ4n) is 3.94. The van der Waals surface area contributed by atoms with E-state index < -0.39 is 0 Å². The van der Waals surface area contributed by atoms with Crippen LogP contribution in [0.2, 0.25) is 0 Å². The highest BCUT2D eigenvalue weighted by molar-refractivity contribution is 6.13. The average molecular weight is 376 g/mol. The third kappa shape index (κ3) is 2.77. The van der Waals surface area contributed by atoms with Gasteiger partial charge in [-0.25, -0.2) is 9.97 Å². The van der Waals surface area contributed by atoms with Crippen molar-refractivity contribution in [3.8, 4) is 22.3 Å². The van der Waals surface area contributed by atoms with Gasteiger partial charge in [-0.3, -0.25) is 4.90 Å². The average Bonchev–Trinajstić information content (AvgIpc) is 2.78. The van der Waals surface area contributed by atoms with Crippen molar-refractivity contribution in [2.24, 2.45) is 5.73 Å². The van der Waals surface area contributed by atoms with Crippen molar-refractivity contribution in [3.63, 3.8) is 0 Å². The molecule has 1 aliphatic heterocycles. The summed E-state index contributed by atoms with van der Waals surface area (Å²) in [5.41, 5.74) is 12.0. The van der Waals surface area contributed by atoms with Crippen LogP contribution in [0, 0.1) is 0 Å². The Balaban J connectivity index is 1.84. The van der Waals surface area contributed by atoms with Gasteiger partial charge < -0.3 is 5.73 Å². The Morgan fingerprint density at radius 1 is 0.966 bits per heavy atom. The first kappa shape index (κ1) is 17.2. The van der Waals surface area contributed by atoms with E-state index in [4.69, 9.17) is 5.73 Å². The fraction of sp³-hybridized carbons (Fsp3) is 0.0400. The molecule has 0 radical (unpaired) electrons. The number of aromatic nitrogens is 2. The van der Waals surface area contributed by atoms with Gasteiger partial charge in [0.1, 0.15) is 18.0 Å². The van der Waals surface area contributed by atoms with E-state index in [-0.39, 0.29) is 0 Å². The number of nitrogens with two attached hydrogens (primary N) is 1. The molecule has 140 valence electrons. The highest BCUT2D eigenvalue weighted by Gasteiger charge is 2.27. The van der Waals surface area contributed by atoms with Crippen LogP contribution >= 0.6 is 0 Å². The molecule has 0 bridgehead atoms. The molecule has 2 N–H and O–H groups in total. The van der Waals surface area contributed by atoms with Gasteiger partial charge in [-0.15, -0.1) is 0 Å². The molecular weight excluding hydrogens is 356 g/mol. The van der Waals surface area contributed by atoms with Crippen molar-refractivity contribution in [1.29, 1.82) is 0 Å². The van der Waals surface area contributed by atoms with E-state index in [1.807, 2.05) is 42.3 Å². The van der Waals surface area contributed by atoms with E-state index in [2.05, 4.69) is 64.6 Å². The Hall–Kier alpha value is -3.92. The van der Waals surface area contributed by atoms with Gasteiger partial charge in [0, 0.05) is 17.1 Å². The normalized spacial score (nSPS) is 13.1. The number of allylic oxidation sites excluding steroid dienone is 3. The Morgan fingerprint density at radius 2 is 1.83 bits per heavy atom.